The van der Waals surface area contributed by atoms with E-state index in [2.05, 4.69) is 33.7 Å². The Morgan fingerprint density at radius 3 is 2.72 bits per heavy atom. The van der Waals surface area contributed by atoms with Gasteiger partial charge in [-0.05, 0) is 45.2 Å². The first-order chi connectivity index (χ1) is 13.8. The number of pyridine rings is 1. The summed E-state index contributed by atoms with van der Waals surface area (Å²) in [5.41, 5.74) is 9.23. The van der Waals surface area contributed by atoms with Crippen molar-refractivity contribution in [2.45, 2.75) is 45.2 Å². The van der Waals surface area contributed by atoms with E-state index >= 15 is 0 Å². The van der Waals surface area contributed by atoms with Crippen LogP contribution >= 0.6 is 11.6 Å². The van der Waals surface area contributed by atoms with Crippen molar-refractivity contribution in [2.24, 2.45) is 4.99 Å². The zero-order valence-corrected chi connectivity index (χ0v) is 17.8. The first kappa shape index (κ1) is 22.4. The topological polar surface area (TPSA) is 98.2 Å². The Morgan fingerprint density at radius 2 is 2.14 bits per heavy atom. The van der Waals surface area contributed by atoms with Gasteiger partial charge in [0.1, 0.15) is 5.82 Å². The Hall–Kier alpha value is -2.93. The van der Waals surface area contributed by atoms with Crippen molar-refractivity contribution in [1.82, 2.24) is 20.1 Å². The fourth-order valence-corrected chi connectivity index (χ4v) is 3.15. The highest BCUT2D eigenvalue weighted by molar-refractivity contribution is 6.20. The fraction of sp³-hybridized carbons (Fsp3) is 0.333. The van der Waals surface area contributed by atoms with Crippen molar-refractivity contribution in [3.8, 4) is 0 Å². The van der Waals surface area contributed by atoms with Crippen molar-refractivity contribution in [2.75, 3.05) is 5.73 Å². The summed E-state index contributed by atoms with van der Waals surface area (Å²) in [6.07, 6.45) is 5.68. The molecule has 0 aliphatic rings. The quantitative estimate of drug-likeness (QED) is 0.371. The van der Waals surface area contributed by atoms with Crippen LogP contribution in [0, 0.1) is 13.8 Å². The number of alkyl halides is 1. The van der Waals surface area contributed by atoms with Crippen LogP contribution in [-0.2, 0) is 6.54 Å². The second-order valence-corrected chi connectivity index (χ2v) is 7.46. The summed E-state index contributed by atoms with van der Waals surface area (Å²) in [6, 6.07) is 3.39. The van der Waals surface area contributed by atoms with Crippen molar-refractivity contribution < 1.29 is 4.79 Å². The molecule has 2 rings (SSSR count). The number of aliphatic imine (C=N–C) groups is 1. The van der Waals surface area contributed by atoms with Gasteiger partial charge in [0.05, 0.1) is 22.7 Å². The average molecular weight is 415 g/mol. The Morgan fingerprint density at radius 1 is 1.41 bits per heavy atom. The summed E-state index contributed by atoms with van der Waals surface area (Å²) in [5, 5.41) is 7.19. The van der Waals surface area contributed by atoms with Crippen LogP contribution in [0.1, 0.15) is 46.7 Å². The number of nitrogens with zero attached hydrogens (tertiary/aromatic N) is 4. The Kier molecular flexibility index (Phi) is 7.73. The zero-order valence-electron chi connectivity index (χ0n) is 17.0. The zero-order chi connectivity index (χ0) is 21.6. The van der Waals surface area contributed by atoms with Gasteiger partial charge in [-0.2, -0.15) is 5.10 Å². The van der Waals surface area contributed by atoms with Crippen LogP contribution in [0.2, 0.25) is 0 Å². The van der Waals surface area contributed by atoms with Gasteiger partial charge in [-0.25, -0.2) is 4.98 Å². The number of anilines is 1. The molecule has 3 N–H and O–H groups in total. The number of nitrogens with two attached hydrogens (primary N) is 1. The van der Waals surface area contributed by atoms with Crippen molar-refractivity contribution in [1.29, 1.82) is 0 Å². The summed E-state index contributed by atoms with van der Waals surface area (Å²) in [5.74, 6) is 0.240. The van der Waals surface area contributed by atoms with Crippen LogP contribution in [-0.4, -0.2) is 32.8 Å². The summed E-state index contributed by atoms with van der Waals surface area (Å²) >= 11 is 6.40. The first-order valence-corrected chi connectivity index (χ1v) is 9.68. The molecular weight excluding hydrogens is 388 g/mol. The van der Waals surface area contributed by atoms with Gasteiger partial charge in [0.2, 0.25) is 0 Å². The molecule has 7 nitrogen and oxygen atoms in total. The molecule has 0 aliphatic carbocycles. The van der Waals surface area contributed by atoms with E-state index < -0.39 is 0 Å². The third-order valence-corrected chi connectivity index (χ3v) is 4.91. The van der Waals surface area contributed by atoms with E-state index in [-0.39, 0.29) is 17.3 Å². The summed E-state index contributed by atoms with van der Waals surface area (Å²) in [6.45, 7) is 13.2. The smallest absolute Gasteiger partial charge is 0.255 e. The van der Waals surface area contributed by atoms with Gasteiger partial charge in [-0.15, -0.1) is 11.6 Å². The second-order valence-electron chi connectivity index (χ2n) is 6.77. The molecule has 1 amide bonds. The number of amides is 1. The lowest BCUT2D eigenvalue weighted by atomic mass is 10.1. The second kappa shape index (κ2) is 10.0. The number of carbonyl (C=O) groups excluding carboxylic acids is 1. The highest BCUT2D eigenvalue weighted by Gasteiger charge is 2.23. The van der Waals surface area contributed by atoms with E-state index in [0.717, 1.165) is 17.0 Å². The minimum Gasteiger partial charge on any atom is -0.384 e. The maximum Gasteiger partial charge on any atom is 0.255 e. The Labute approximate surface area is 176 Å². The van der Waals surface area contributed by atoms with E-state index in [9.17, 15) is 4.79 Å². The lowest BCUT2D eigenvalue weighted by Crippen LogP contribution is -2.24. The largest absolute Gasteiger partial charge is 0.384 e. The normalized spacial score (nSPS) is 13.6. The lowest BCUT2D eigenvalue weighted by molar-refractivity contribution is 0.0950. The molecule has 2 aromatic rings. The summed E-state index contributed by atoms with van der Waals surface area (Å²) in [7, 11) is 0. The molecule has 0 saturated carbocycles. The number of hydrogen-bond donors (Lipinski definition) is 2. The number of nitrogens with one attached hydrogen (secondary N) is 1. The summed E-state index contributed by atoms with van der Waals surface area (Å²) in [4.78, 5) is 20.9. The molecule has 2 atom stereocenters. The minimum atomic E-state index is -0.233. The van der Waals surface area contributed by atoms with E-state index in [1.54, 1.807) is 36.0 Å². The molecule has 0 aromatic carbocycles. The Balaban J connectivity index is 2.18. The van der Waals surface area contributed by atoms with Crippen molar-refractivity contribution in [3.63, 3.8) is 0 Å². The van der Waals surface area contributed by atoms with E-state index in [1.807, 2.05) is 19.9 Å². The molecule has 8 heteroatoms. The number of aryl methyl sites for hydroxylation is 2. The van der Waals surface area contributed by atoms with Gasteiger partial charge in [0, 0.05) is 30.6 Å². The highest BCUT2D eigenvalue weighted by Crippen LogP contribution is 2.26. The number of nitrogen functional groups attached to an aromatic ring is 1. The van der Waals surface area contributed by atoms with E-state index in [1.165, 1.54) is 0 Å². The highest BCUT2D eigenvalue weighted by atomic mass is 35.5. The number of halogens is 1. The molecule has 29 heavy (non-hydrogen) atoms. The maximum atomic E-state index is 12.7. The number of carbonyl (C=O) groups is 1. The van der Waals surface area contributed by atoms with Crippen LogP contribution in [0.4, 0.5) is 5.82 Å². The maximum absolute atomic E-state index is 12.7. The summed E-state index contributed by atoms with van der Waals surface area (Å²) < 4.78 is 1.72. The number of hydrogen-bond acceptors (Lipinski definition) is 5. The molecule has 0 aliphatic heterocycles. The van der Waals surface area contributed by atoms with Crippen molar-refractivity contribution >= 4 is 30.0 Å². The minimum absolute atomic E-state index is 0.183. The van der Waals surface area contributed by atoms with E-state index in [4.69, 9.17) is 17.3 Å². The molecule has 2 heterocycles. The predicted octanol–water partition coefficient (Wildman–Crippen LogP) is 3.74. The van der Waals surface area contributed by atoms with Crippen molar-refractivity contribution in [3.05, 3.63) is 65.3 Å². The Bertz CT molecular complexity index is 931. The van der Waals surface area contributed by atoms with Gasteiger partial charge in [0.15, 0.2) is 0 Å². The van der Waals surface area contributed by atoms with Crippen LogP contribution in [0.5, 0.6) is 0 Å². The molecule has 0 radical (unpaired) electrons. The van der Waals surface area contributed by atoms with Gasteiger partial charge < -0.3 is 11.1 Å². The third-order valence-electron chi connectivity index (χ3n) is 4.62. The van der Waals surface area contributed by atoms with Crippen LogP contribution in [0.25, 0.3) is 0 Å². The van der Waals surface area contributed by atoms with Gasteiger partial charge >= 0.3 is 0 Å². The third kappa shape index (κ3) is 5.77. The SMILES string of the molecule is C=C/C=C(\C[C@H](C(C)Cl)n1cc(C(=O)NCc2ccc(N)nc2C)c(C)n1)N=C. The number of allylic oxidation sites excluding steroid dienone is 3. The monoisotopic (exact) mass is 414 g/mol. The van der Waals surface area contributed by atoms with E-state index in [0.29, 0.717) is 30.0 Å². The van der Waals surface area contributed by atoms with Crippen LogP contribution < -0.4 is 11.1 Å². The number of aromatic nitrogens is 3. The molecule has 154 valence electrons. The van der Waals surface area contributed by atoms with Gasteiger partial charge in [-0.1, -0.05) is 18.7 Å². The van der Waals surface area contributed by atoms with Gasteiger partial charge in [0.25, 0.3) is 5.91 Å². The standard InChI is InChI=1S/C21H27ClN6O/c1-6-7-17(24-5)10-19(13(2)22)28-12-18(15(4)27-28)21(29)25-11-16-8-9-20(23)26-14(16)3/h6-9,12-13,19H,1,5,10-11H2,2-4H3,(H2,23,26)(H,25,29)/b17-7+/t13?,19-/m1/s1. The van der Waals surface area contributed by atoms with Crippen LogP contribution in [0.15, 0.2) is 47.7 Å². The average Bonchev–Trinajstić information content (AvgIpc) is 3.05. The lowest BCUT2D eigenvalue weighted by Gasteiger charge is -2.20. The molecule has 0 saturated heterocycles. The van der Waals surface area contributed by atoms with Crippen LogP contribution in [0.3, 0.4) is 0 Å². The van der Waals surface area contributed by atoms with Gasteiger partial charge in [-0.3, -0.25) is 14.5 Å². The molecule has 0 fully saturated rings. The molecule has 1 unspecified atom stereocenters. The molecule has 0 bridgehead atoms. The predicted molar refractivity (Wildman–Crippen MR) is 118 cm³/mol. The molecule has 2 aromatic heterocycles. The fourth-order valence-electron chi connectivity index (χ4n) is 2.94. The number of rotatable bonds is 9. The first-order valence-electron chi connectivity index (χ1n) is 9.25. The molecular formula is C21H27ClN6O. The molecule has 0 spiro atoms.